The van der Waals surface area contributed by atoms with Gasteiger partial charge in [-0.1, -0.05) is 11.6 Å². The summed E-state index contributed by atoms with van der Waals surface area (Å²) in [5.74, 6) is 0.639. The summed E-state index contributed by atoms with van der Waals surface area (Å²) in [7, 11) is -3.02. The first kappa shape index (κ1) is 15.8. The lowest BCUT2D eigenvalue weighted by atomic mass is 10.2. The highest BCUT2D eigenvalue weighted by Gasteiger charge is 2.15. The average Bonchev–Trinajstić information content (AvgIpc) is 2.34. The predicted molar refractivity (Wildman–Crippen MR) is 75.2 cm³/mol. The van der Waals surface area contributed by atoms with E-state index in [0.29, 0.717) is 29.4 Å². The molecule has 6 heteroatoms. The Kier molecular flexibility index (Phi) is 5.64. The first-order valence-electron chi connectivity index (χ1n) is 5.91. The number of ether oxygens (including phenoxy) is 1. The Morgan fingerprint density at radius 3 is 2.63 bits per heavy atom. The molecule has 0 N–H and O–H groups in total. The Morgan fingerprint density at radius 1 is 1.42 bits per heavy atom. The minimum Gasteiger partial charge on any atom is -0.494 e. The standard InChI is InChI=1S/C13H16ClNO3S/c1-10(2)19(16,17)7-3-6-18-12-5-4-11(9-15)13(14)8-12/h4-5,8,10H,3,6-7H2,1-2H3. The zero-order chi connectivity index (χ0) is 14.5. The number of hydrogen-bond acceptors (Lipinski definition) is 4. The molecular weight excluding hydrogens is 286 g/mol. The van der Waals surface area contributed by atoms with E-state index in [2.05, 4.69) is 0 Å². The zero-order valence-electron chi connectivity index (χ0n) is 10.9. The topological polar surface area (TPSA) is 67.2 Å². The summed E-state index contributed by atoms with van der Waals surface area (Å²) < 4.78 is 28.5. The summed E-state index contributed by atoms with van der Waals surface area (Å²) in [5, 5.41) is 8.69. The van der Waals surface area contributed by atoms with Gasteiger partial charge in [0.2, 0.25) is 0 Å². The van der Waals surface area contributed by atoms with E-state index in [9.17, 15) is 8.42 Å². The summed E-state index contributed by atoms with van der Waals surface area (Å²) in [5.41, 5.74) is 0.386. The molecule has 0 spiro atoms. The fraction of sp³-hybridized carbons (Fsp3) is 0.462. The lowest BCUT2D eigenvalue weighted by molar-refractivity contribution is 0.317. The van der Waals surface area contributed by atoms with Crippen molar-refractivity contribution >= 4 is 21.4 Å². The lowest BCUT2D eigenvalue weighted by Gasteiger charge is -2.09. The molecule has 1 aromatic rings. The van der Waals surface area contributed by atoms with E-state index in [0.717, 1.165) is 0 Å². The third-order valence-corrected chi connectivity index (χ3v) is 5.23. The third kappa shape index (κ3) is 4.73. The van der Waals surface area contributed by atoms with Crippen LogP contribution in [0.3, 0.4) is 0 Å². The van der Waals surface area contributed by atoms with Crippen molar-refractivity contribution in [1.29, 1.82) is 5.26 Å². The van der Waals surface area contributed by atoms with Crippen molar-refractivity contribution in [2.45, 2.75) is 25.5 Å². The van der Waals surface area contributed by atoms with E-state index in [1.54, 1.807) is 32.0 Å². The normalized spacial score (nSPS) is 11.3. The highest BCUT2D eigenvalue weighted by molar-refractivity contribution is 7.91. The Morgan fingerprint density at radius 2 is 2.11 bits per heavy atom. The van der Waals surface area contributed by atoms with Crippen LogP contribution >= 0.6 is 11.6 Å². The molecule has 0 saturated carbocycles. The summed E-state index contributed by atoms with van der Waals surface area (Å²) in [6.45, 7) is 3.63. The van der Waals surface area contributed by atoms with Gasteiger partial charge < -0.3 is 4.74 Å². The Bertz CT molecular complexity index is 576. The summed E-state index contributed by atoms with van der Waals surface area (Å²) in [6, 6.07) is 6.72. The molecule has 0 unspecified atom stereocenters. The van der Waals surface area contributed by atoms with Crippen LogP contribution in [0.2, 0.25) is 5.02 Å². The largest absolute Gasteiger partial charge is 0.494 e. The summed E-state index contributed by atoms with van der Waals surface area (Å²) in [4.78, 5) is 0. The van der Waals surface area contributed by atoms with Gasteiger partial charge in [-0.05, 0) is 32.4 Å². The smallest absolute Gasteiger partial charge is 0.152 e. The van der Waals surface area contributed by atoms with E-state index in [-0.39, 0.29) is 11.0 Å². The second-order valence-electron chi connectivity index (χ2n) is 4.37. The van der Waals surface area contributed by atoms with Gasteiger partial charge in [0.1, 0.15) is 11.8 Å². The van der Waals surface area contributed by atoms with Crippen LogP contribution < -0.4 is 4.74 Å². The third-order valence-electron chi connectivity index (χ3n) is 2.62. The quantitative estimate of drug-likeness (QED) is 0.758. The van der Waals surface area contributed by atoms with Crippen molar-refractivity contribution in [3.8, 4) is 11.8 Å². The van der Waals surface area contributed by atoms with Gasteiger partial charge in [0.15, 0.2) is 9.84 Å². The number of hydrogen-bond donors (Lipinski definition) is 0. The fourth-order valence-electron chi connectivity index (χ4n) is 1.36. The number of nitriles is 1. The maximum atomic E-state index is 11.6. The Hall–Kier alpha value is -1.25. The molecule has 1 rings (SSSR count). The van der Waals surface area contributed by atoms with Gasteiger partial charge in [-0.15, -0.1) is 0 Å². The van der Waals surface area contributed by atoms with Gasteiger partial charge in [-0.25, -0.2) is 8.42 Å². The van der Waals surface area contributed by atoms with Crippen molar-refractivity contribution in [1.82, 2.24) is 0 Å². The van der Waals surface area contributed by atoms with Gasteiger partial charge in [0, 0.05) is 6.07 Å². The molecule has 0 heterocycles. The highest BCUT2D eigenvalue weighted by Crippen LogP contribution is 2.22. The second kappa shape index (κ2) is 6.78. The minimum atomic E-state index is -3.02. The highest BCUT2D eigenvalue weighted by atomic mass is 35.5. The molecule has 4 nitrogen and oxygen atoms in total. The molecule has 0 fully saturated rings. The van der Waals surface area contributed by atoms with Gasteiger partial charge in [0.25, 0.3) is 0 Å². The van der Waals surface area contributed by atoms with Gasteiger partial charge >= 0.3 is 0 Å². The number of rotatable bonds is 6. The molecule has 1 aromatic carbocycles. The molecule has 0 atom stereocenters. The molecule has 0 aliphatic rings. The van der Waals surface area contributed by atoms with Gasteiger partial charge in [-0.2, -0.15) is 5.26 Å². The molecule has 0 radical (unpaired) electrons. The van der Waals surface area contributed by atoms with Crippen LogP contribution in [-0.4, -0.2) is 26.0 Å². The van der Waals surface area contributed by atoms with E-state index >= 15 is 0 Å². The summed E-state index contributed by atoms with van der Waals surface area (Å²) >= 11 is 5.86. The van der Waals surface area contributed by atoms with Crippen LogP contribution in [0.1, 0.15) is 25.8 Å². The Labute approximate surface area is 118 Å². The first-order valence-corrected chi connectivity index (χ1v) is 8.00. The predicted octanol–water partition coefficient (Wildman–Crippen LogP) is 2.80. The fourth-order valence-corrected chi connectivity index (χ4v) is 2.57. The number of benzene rings is 1. The second-order valence-corrected chi connectivity index (χ2v) is 7.46. The van der Waals surface area contributed by atoms with Crippen LogP contribution in [0.15, 0.2) is 18.2 Å². The first-order chi connectivity index (χ1) is 8.86. The zero-order valence-corrected chi connectivity index (χ0v) is 12.5. The van der Waals surface area contributed by atoms with E-state index in [4.69, 9.17) is 21.6 Å². The molecular formula is C13H16ClNO3S. The molecule has 0 aromatic heterocycles. The molecule has 19 heavy (non-hydrogen) atoms. The van der Waals surface area contributed by atoms with Crippen LogP contribution in [0, 0.1) is 11.3 Å². The number of nitrogens with zero attached hydrogens (tertiary/aromatic N) is 1. The van der Waals surface area contributed by atoms with E-state index in [1.807, 2.05) is 6.07 Å². The van der Waals surface area contributed by atoms with Crippen molar-refractivity contribution in [3.05, 3.63) is 28.8 Å². The van der Waals surface area contributed by atoms with Crippen molar-refractivity contribution in [3.63, 3.8) is 0 Å². The van der Waals surface area contributed by atoms with Crippen LogP contribution in [-0.2, 0) is 9.84 Å². The number of halogens is 1. The Balaban J connectivity index is 2.47. The molecule has 104 valence electrons. The van der Waals surface area contributed by atoms with Crippen LogP contribution in [0.25, 0.3) is 0 Å². The van der Waals surface area contributed by atoms with Crippen molar-refractivity contribution in [2.75, 3.05) is 12.4 Å². The molecule has 0 aliphatic heterocycles. The van der Waals surface area contributed by atoms with Gasteiger partial charge in [-0.3, -0.25) is 0 Å². The van der Waals surface area contributed by atoms with E-state index in [1.165, 1.54) is 0 Å². The maximum Gasteiger partial charge on any atom is 0.152 e. The monoisotopic (exact) mass is 301 g/mol. The lowest BCUT2D eigenvalue weighted by Crippen LogP contribution is -2.19. The van der Waals surface area contributed by atoms with Crippen LogP contribution in [0.5, 0.6) is 5.75 Å². The molecule has 0 saturated heterocycles. The van der Waals surface area contributed by atoms with Gasteiger partial charge in [0.05, 0.1) is 28.2 Å². The molecule has 0 aliphatic carbocycles. The maximum absolute atomic E-state index is 11.6. The number of sulfone groups is 1. The summed E-state index contributed by atoms with van der Waals surface area (Å²) in [6.07, 6.45) is 0.429. The van der Waals surface area contributed by atoms with Crippen LogP contribution in [0.4, 0.5) is 0 Å². The average molecular weight is 302 g/mol. The SMILES string of the molecule is CC(C)S(=O)(=O)CCCOc1ccc(C#N)c(Cl)c1. The van der Waals surface area contributed by atoms with E-state index < -0.39 is 9.84 Å². The van der Waals surface area contributed by atoms with Crippen molar-refractivity contribution in [2.24, 2.45) is 0 Å². The van der Waals surface area contributed by atoms with Crippen molar-refractivity contribution < 1.29 is 13.2 Å². The molecule has 0 amide bonds. The molecule has 0 bridgehead atoms. The minimum absolute atomic E-state index is 0.106.